The lowest BCUT2D eigenvalue weighted by atomic mass is 10.0. The molecular formula is C29H25Cl3N4O. The quantitative estimate of drug-likeness (QED) is 0.256. The fourth-order valence-corrected chi connectivity index (χ4v) is 5.27. The summed E-state index contributed by atoms with van der Waals surface area (Å²) in [5, 5.41) is 1.59. The van der Waals surface area contributed by atoms with Crippen LogP contribution in [0.15, 0.2) is 79.0 Å². The van der Waals surface area contributed by atoms with Gasteiger partial charge in [-0.15, -0.1) is 0 Å². The van der Waals surface area contributed by atoms with Crippen molar-refractivity contribution in [3.05, 3.63) is 105 Å². The number of hydrogen-bond acceptors (Lipinski definition) is 4. The third-order valence-electron chi connectivity index (χ3n) is 6.69. The molecule has 0 bridgehead atoms. The summed E-state index contributed by atoms with van der Waals surface area (Å²) in [5.74, 6) is -0.0942. The van der Waals surface area contributed by atoms with E-state index in [0.29, 0.717) is 26.3 Å². The van der Waals surface area contributed by atoms with Crippen LogP contribution >= 0.6 is 34.8 Å². The molecule has 37 heavy (non-hydrogen) atoms. The van der Waals surface area contributed by atoms with Gasteiger partial charge in [-0.3, -0.25) is 9.69 Å². The fourth-order valence-electron chi connectivity index (χ4n) is 4.65. The minimum atomic E-state index is -0.222. The normalized spacial score (nSPS) is 15.6. The van der Waals surface area contributed by atoms with Crippen LogP contribution in [0.4, 0.5) is 0 Å². The highest BCUT2D eigenvalue weighted by molar-refractivity contribution is 6.36. The predicted molar refractivity (Wildman–Crippen MR) is 150 cm³/mol. The molecule has 0 saturated carbocycles. The number of nitrogens with zero attached hydrogens (tertiary/aromatic N) is 4. The van der Waals surface area contributed by atoms with Gasteiger partial charge in [-0.1, -0.05) is 77.3 Å². The maximum atomic E-state index is 13.5. The van der Waals surface area contributed by atoms with Gasteiger partial charge in [-0.2, -0.15) is 0 Å². The molecule has 5 rings (SSSR count). The second-order valence-corrected chi connectivity index (χ2v) is 10.4. The van der Waals surface area contributed by atoms with Crippen molar-refractivity contribution in [2.75, 3.05) is 20.1 Å². The van der Waals surface area contributed by atoms with Gasteiger partial charge in [0.1, 0.15) is 0 Å². The van der Waals surface area contributed by atoms with Crippen molar-refractivity contribution in [1.82, 2.24) is 19.8 Å². The van der Waals surface area contributed by atoms with Crippen LogP contribution in [-0.4, -0.2) is 51.9 Å². The van der Waals surface area contributed by atoms with Gasteiger partial charge in [0, 0.05) is 60.1 Å². The zero-order valence-corrected chi connectivity index (χ0v) is 22.5. The van der Waals surface area contributed by atoms with E-state index in [9.17, 15) is 4.79 Å². The molecule has 0 aliphatic carbocycles. The number of amides is 1. The van der Waals surface area contributed by atoms with Gasteiger partial charge in [0.15, 0.2) is 0 Å². The van der Waals surface area contributed by atoms with Crippen molar-refractivity contribution in [1.29, 1.82) is 0 Å². The Labute approximate surface area is 231 Å². The molecule has 1 atom stereocenters. The molecule has 4 aromatic rings. The number of carbonyl (C=O) groups excluding carboxylic acids is 1. The van der Waals surface area contributed by atoms with Gasteiger partial charge in [-0.05, 0) is 47.9 Å². The molecule has 2 heterocycles. The van der Waals surface area contributed by atoms with E-state index in [-0.39, 0.29) is 17.8 Å². The first-order valence-corrected chi connectivity index (χ1v) is 13.1. The van der Waals surface area contributed by atoms with E-state index in [0.717, 1.165) is 37.2 Å². The Balaban J connectivity index is 1.42. The zero-order valence-electron chi connectivity index (χ0n) is 20.2. The van der Waals surface area contributed by atoms with Gasteiger partial charge in [-0.25, -0.2) is 9.97 Å². The summed E-state index contributed by atoms with van der Waals surface area (Å²) in [6, 6.07) is 23.1. The molecule has 0 spiro atoms. The second kappa shape index (κ2) is 11.2. The number of rotatable bonds is 6. The first-order chi connectivity index (χ1) is 17.9. The lowest BCUT2D eigenvalue weighted by Gasteiger charge is -2.25. The van der Waals surface area contributed by atoms with E-state index >= 15 is 0 Å². The number of aromatic nitrogens is 2. The van der Waals surface area contributed by atoms with Crippen molar-refractivity contribution < 1.29 is 4.79 Å². The van der Waals surface area contributed by atoms with Crippen molar-refractivity contribution >= 4 is 40.7 Å². The van der Waals surface area contributed by atoms with Crippen molar-refractivity contribution in [3.63, 3.8) is 0 Å². The highest BCUT2D eigenvalue weighted by Gasteiger charge is 2.30. The summed E-state index contributed by atoms with van der Waals surface area (Å²) in [6.45, 7) is 2.60. The fraction of sp³-hybridized carbons (Fsp3) is 0.207. The van der Waals surface area contributed by atoms with Crippen LogP contribution in [0.3, 0.4) is 0 Å². The van der Waals surface area contributed by atoms with Crippen LogP contribution in [0.2, 0.25) is 15.1 Å². The molecule has 0 radical (unpaired) electrons. The van der Waals surface area contributed by atoms with Crippen molar-refractivity contribution in [2.24, 2.45) is 0 Å². The highest BCUT2D eigenvalue weighted by atomic mass is 35.5. The number of halogens is 3. The molecule has 0 N–H and O–H groups in total. The number of hydrogen-bond donors (Lipinski definition) is 0. The van der Waals surface area contributed by atoms with E-state index in [2.05, 4.69) is 22.0 Å². The Morgan fingerprint density at radius 3 is 2.43 bits per heavy atom. The zero-order chi connectivity index (χ0) is 25.9. The molecule has 188 valence electrons. The molecule has 1 unspecified atom stereocenters. The summed E-state index contributed by atoms with van der Waals surface area (Å²) >= 11 is 18.8. The molecule has 1 aromatic heterocycles. The predicted octanol–water partition coefficient (Wildman–Crippen LogP) is 7.12. The van der Waals surface area contributed by atoms with E-state index in [1.165, 1.54) is 5.56 Å². The van der Waals surface area contributed by atoms with Crippen LogP contribution in [-0.2, 0) is 6.54 Å². The van der Waals surface area contributed by atoms with E-state index < -0.39 is 0 Å². The van der Waals surface area contributed by atoms with Gasteiger partial charge in [0.2, 0.25) is 5.82 Å². The first kappa shape index (κ1) is 25.7. The first-order valence-electron chi connectivity index (χ1n) is 12.0. The lowest BCUT2D eigenvalue weighted by molar-refractivity contribution is 0.0722. The van der Waals surface area contributed by atoms with Crippen LogP contribution in [0, 0.1) is 0 Å². The molecule has 1 fully saturated rings. The maximum absolute atomic E-state index is 13.5. The molecule has 5 nitrogen and oxygen atoms in total. The smallest absolute Gasteiger partial charge is 0.291 e. The summed E-state index contributed by atoms with van der Waals surface area (Å²) in [5.41, 5.74) is 4.11. The minimum absolute atomic E-state index is 0.0818. The van der Waals surface area contributed by atoms with Crippen LogP contribution in [0.25, 0.3) is 22.4 Å². The van der Waals surface area contributed by atoms with Gasteiger partial charge in [0.25, 0.3) is 5.91 Å². The van der Waals surface area contributed by atoms with Gasteiger partial charge in [0.05, 0.1) is 10.7 Å². The molecule has 1 aliphatic heterocycles. The Morgan fingerprint density at radius 1 is 0.973 bits per heavy atom. The summed E-state index contributed by atoms with van der Waals surface area (Å²) < 4.78 is 0. The average molecular weight is 552 g/mol. The lowest BCUT2D eigenvalue weighted by Crippen LogP contribution is -2.39. The topological polar surface area (TPSA) is 49.3 Å². The van der Waals surface area contributed by atoms with E-state index in [1.54, 1.807) is 35.4 Å². The molecule has 3 aromatic carbocycles. The largest absolute Gasteiger partial charge is 0.335 e. The molecule has 8 heteroatoms. The third-order valence-corrected chi connectivity index (χ3v) is 7.49. The summed E-state index contributed by atoms with van der Waals surface area (Å²) in [4.78, 5) is 26.9. The monoisotopic (exact) mass is 550 g/mol. The summed E-state index contributed by atoms with van der Waals surface area (Å²) in [6.07, 6.45) is 2.57. The summed E-state index contributed by atoms with van der Waals surface area (Å²) in [7, 11) is 1.82. The third kappa shape index (κ3) is 5.81. The maximum Gasteiger partial charge on any atom is 0.291 e. The molecule has 1 amide bonds. The molecule has 1 saturated heterocycles. The van der Waals surface area contributed by atoms with E-state index in [1.807, 2.05) is 43.4 Å². The number of carbonyl (C=O) groups is 1. The van der Waals surface area contributed by atoms with Crippen molar-refractivity contribution in [3.8, 4) is 22.4 Å². The SMILES string of the molecule is CN(C(=O)c1ncc(-c2ccc(Cl)cc2)c(-c2ccc(Cl)cc2Cl)n1)C1CCN(Cc2ccccc2)C1. The average Bonchev–Trinajstić information content (AvgIpc) is 3.37. The number of benzene rings is 3. The van der Waals surface area contributed by atoms with Gasteiger partial charge >= 0.3 is 0 Å². The standard InChI is InChI=1S/C29H25Cl3N4O/c1-35(23-13-14-36(18-23)17-19-5-3-2-4-6-19)29(37)28-33-16-25(20-7-9-21(30)10-8-20)27(34-28)24-12-11-22(31)15-26(24)32/h2-12,15-16,23H,13-14,17-18H2,1H3. The number of likely N-dealkylation sites (N-methyl/N-ethyl adjacent to an activating group) is 1. The van der Waals surface area contributed by atoms with Crippen molar-refractivity contribution in [2.45, 2.75) is 19.0 Å². The Kier molecular flexibility index (Phi) is 7.77. The van der Waals surface area contributed by atoms with Crippen LogP contribution in [0.5, 0.6) is 0 Å². The van der Waals surface area contributed by atoms with Crippen LogP contribution in [0.1, 0.15) is 22.6 Å². The molecular weight excluding hydrogens is 527 g/mol. The van der Waals surface area contributed by atoms with Gasteiger partial charge < -0.3 is 4.90 Å². The highest BCUT2D eigenvalue weighted by Crippen LogP contribution is 2.36. The minimum Gasteiger partial charge on any atom is -0.335 e. The second-order valence-electron chi connectivity index (χ2n) is 9.17. The molecule has 1 aliphatic rings. The Bertz CT molecular complexity index is 1410. The van der Waals surface area contributed by atoms with Crippen LogP contribution < -0.4 is 0 Å². The number of likely N-dealkylation sites (tertiary alicyclic amines) is 1. The Morgan fingerprint density at radius 2 is 1.70 bits per heavy atom. The Hall–Kier alpha value is -2.96. The van der Waals surface area contributed by atoms with E-state index in [4.69, 9.17) is 39.8 Å².